The Hall–Kier alpha value is -1.66. The quantitative estimate of drug-likeness (QED) is 0.795. The van der Waals surface area contributed by atoms with E-state index in [1.54, 1.807) is 6.20 Å². The third-order valence-corrected chi connectivity index (χ3v) is 2.71. The van der Waals surface area contributed by atoms with Gasteiger partial charge in [0.25, 0.3) is 0 Å². The van der Waals surface area contributed by atoms with E-state index >= 15 is 0 Å². The molecule has 1 aromatic heterocycles. The van der Waals surface area contributed by atoms with E-state index < -0.39 is 0 Å². The first kappa shape index (κ1) is 12.8. The fraction of sp³-hybridized carbons (Fsp3) is 0.500. The maximum Gasteiger partial charge on any atom is 0.243 e. The van der Waals surface area contributed by atoms with Crippen LogP contribution in [0.25, 0.3) is 0 Å². The summed E-state index contributed by atoms with van der Waals surface area (Å²) in [5.41, 5.74) is 0.693. The summed E-state index contributed by atoms with van der Waals surface area (Å²) in [7, 11) is 3.84. The lowest BCUT2D eigenvalue weighted by Crippen LogP contribution is -2.48. The average molecular weight is 250 g/mol. The van der Waals surface area contributed by atoms with Crippen LogP contribution in [0.15, 0.2) is 18.3 Å². The summed E-state index contributed by atoms with van der Waals surface area (Å²) in [6.07, 6.45) is 1.65. The van der Waals surface area contributed by atoms with Gasteiger partial charge >= 0.3 is 0 Å². The third-order valence-electron chi connectivity index (χ3n) is 2.71. The van der Waals surface area contributed by atoms with Crippen LogP contribution in [0.3, 0.4) is 0 Å². The molecular formula is C12H18N4O2. The number of hydrogen-bond acceptors (Lipinski definition) is 5. The highest BCUT2D eigenvalue weighted by atomic mass is 16.5. The van der Waals surface area contributed by atoms with Crippen LogP contribution in [0.2, 0.25) is 0 Å². The second-order valence-corrected chi connectivity index (χ2v) is 4.37. The third kappa shape index (κ3) is 3.18. The lowest BCUT2D eigenvalue weighted by atomic mass is 10.2. The van der Waals surface area contributed by atoms with Gasteiger partial charge in [-0.2, -0.15) is 0 Å². The zero-order chi connectivity index (χ0) is 13.0. The van der Waals surface area contributed by atoms with Crippen LogP contribution >= 0.6 is 0 Å². The number of morpholine rings is 1. The molecule has 98 valence electrons. The van der Waals surface area contributed by atoms with Crippen molar-refractivity contribution in [3.05, 3.63) is 18.3 Å². The van der Waals surface area contributed by atoms with Gasteiger partial charge in [-0.1, -0.05) is 0 Å². The highest BCUT2D eigenvalue weighted by Gasteiger charge is 2.21. The van der Waals surface area contributed by atoms with Crippen LogP contribution in [-0.2, 0) is 9.53 Å². The van der Waals surface area contributed by atoms with E-state index in [1.165, 1.54) is 0 Å². The van der Waals surface area contributed by atoms with Crippen LogP contribution in [0.5, 0.6) is 0 Å². The SMILES string of the molecule is CN(C)c1ccc(NC(=O)C2COCCN2)cn1. The van der Waals surface area contributed by atoms with Crippen LogP contribution in [-0.4, -0.2) is 50.8 Å². The molecule has 0 spiro atoms. The number of rotatable bonds is 3. The topological polar surface area (TPSA) is 66.5 Å². The number of carbonyl (C=O) groups is 1. The van der Waals surface area contributed by atoms with E-state index in [0.717, 1.165) is 5.82 Å². The number of pyridine rings is 1. The molecule has 1 aliphatic rings. The number of amides is 1. The van der Waals surface area contributed by atoms with Crippen LogP contribution in [0.4, 0.5) is 11.5 Å². The van der Waals surface area contributed by atoms with Gasteiger partial charge in [0, 0.05) is 20.6 Å². The van der Waals surface area contributed by atoms with Gasteiger partial charge in [0.1, 0.15) is 11.9 Å². The first-order valence-electron chi connectivity index (χ1n) is 5.92. The maximum atomic E-state index is 11.9. The summed E-state index contributed by atoms with van der Waals surface area (Å²) in [4.78, 5) is 18.0. The van der Waals surface area contributed by atoms with E-state index in [-0.39, 0.29) is 11.9 Å². The number of nitrogens with one attached hydrogen (secondary N) is 2. The largest absolute Gasteiger partial charge is 0.378 e. The minimum atomic E-state index is -0.285. The Morgan fingerprint density at radius 3 is 2.94 bits per heavy atom. The minimum Gasteiger partial charge on any atom is -0.378 e. The molecule has 18 heavy (non-hydrogen) atoms. The van der Waals surface area contributed by atoms with E-state index in [4.69, 9.17) is 4.74 Å². The van der Waals surface area contributed by atoms with Crippen molar-refractivity contribution in [2.45, 2.75) is 6.04 Å². The molecule has 2 N–H and O–H groups in total. The average Bonchev–Trinajstić information content (AvgIpc) is 2.40. The van der Waals surface area contributed by atoms with E-state index in [0.29, 0.717) is 25.4 Å². The molecule has 6 heteroatoms. The van der Waals surface area contributed by atoms with Crippen molar-refractivity contribution in [2.24, 2.45) is 0 Å². The summed E-state index contributed by atoms with van der Waals surface area (Å²) >= 11 is 0. The van der Waals surface area contributed by atoms with Crippen molar-refractivity contribution in [3.8, 4) is 0 Å². The molecule has 1 amide bonds. The molecule has 1 fully saturated rings. The molecule has 1 aliphatic heterocycles. The summed E-state index contributed by atoms with van der Waals surface area (Å²) in [5, 5.41) is 5.92. The molecule has 2 heterocycles. The Balaban J connectivity index is 1.94. The van der Waals surface area contributed by atoms with Gasteiger partial charge < -0.3 is 20.3 Å². The van der Waals surface area contributed by atoms with E-state index in [1.807, 2.05) is 31.1 Å². The van der Waals surface area contributed by atoms with Crippen LogP contribution in [0.1, 0.15) is 0 Å². The van der Waals surface area contributed by atoms with E-state index in [2.05, 4.69) is 15.6 Å². The Morgan fingerprint density at radius 2 is 2.39 bits per heavy atom. The van der Waals surface area contributed by atoms with Gasteiger partial charge in [0.2, 0.25) is 5.91 Å². The Labute approximate surface area is 106 Å². The monoisotopic (exact) mass is 250 g/mol. The molecule has 1 aromatic rings. The van der Waals surface area contributed by atoms with Gasteiger partial charge in [-0.25, -0.2) is 4.98 Å². The summed E-state index contributed by atoms with van der Waals surface area (Å²) in [6, 6.07) is 3.41. The Morgan fingerprint density at radius 1 is 1.56 bits per heavy atom. The predicted molar refractivity (Wildman–Crippen MR) is 69.8 cm³/mol. The molecule has 0 saturated carbocycles. The molecule has 6 nitrogen and oxygen atoms in total. The molecule has 1 atom stereocenters. The first-order chi connectivity index (χ1) is 8.66. The summed E-state index contributed by atoms with van der Waals surface area (Å²) in [6.45, 7) is 1.77. The molecule has 1 unspecified atom stereocenters. The number of carbonyl (C=O) groups excluding carboxylic acids is 1. The second kappa shape index (κ2) is 5.79. The van der Waals surface area contributed by atoms with Crippen molar-refractivity contribution < 1.29 is 9.53 Å². The summed E-state index contributed by atoms with van der Waals surface area (Å²) in [5.74, 6) is 0.765. The van der Waals surface area contributed by atoms with Crippen molar-refractivity contribution in [1.82, 2.24) is 10.3 Å². The number of aromatic nitrogens is 1. The fourth-order valence-corrected chi connectivity index (χ4v) is 1.69. The van der Waals surface area contributed by atoms with Crippen LogP contribution in [0, 0.1) is 0 Å². The number of hydrogen-bond donors (Lipinski definition) is 2. The molecule has 0 radical (unpaired) electrons. The number of nitrogens with zero attached hydrogens (tertiary/aromatic N) is 2. The van der Waals surface area contributed by atoms with Gasteiger partial charge in [0.15, 0.2) is 0 Å². The smallest absolute Gasteiger partial charge is 0.243 e. The number of anilines is 2. The highest BCUT2D eigenvalue weighted by molar-refractivity contribution is 5.94. The van der Waals surface area contributed by atoms with Gasteiger partial charge in [0.05, 0.1) is 25.1 Å². The van der Waals surface area contributed by atoms with Crippen LogP contribution < -0.4 is 15.5 Å². The van der Waals surface area contributed by atoms with Gasteiger partial charge in [-0.3, -0.25) is 4.79 Å². The molecular weight excluding hydrogens is 232 g/mol. The minimum absolute atomic E-state index is 0.0888. The van der Waals surface area contributed by atoms with Crippen molar-refractivity contribution in [2.75, 3.05) is 44.1 Å². The maximum absolute atomic E-state index is 11.9. The van der Waals surface area contributed by atoms with Gasteiger partial charge in [-0.15, -0.1) is 0 Å². The predicted octanol–water partition coefficient (Wildman–Crippen LogP) is 0.0745. The Bertz CT molecular complexity index is 399. The van der Waals surface area contributed by atoms with Gasteiger partial charge in [-0.05, 0) is 12.1 Å². The lowest BCUT2D eigenvalue weighted by molar-refractivity contribution is -0.120. The Kier molecular flexibility index (Phi) is 4.11. The fourth-order valence-electron chi connectivity index (χ4n) is 1.69. The zero-order valence-corrected chi connectivity index (χ0v) is 10.6. The lowest BCUT2D eigenvalue weighted by Gasteiger charge is -2.22. The standard InChI is InChI=1S/C12H18N4O2/c1-16(2)11-4-3-9(7-14-11)15-12(17)10-8-18-6-5-13-10/h3-4,7,10,13H,5-6,8H2,1-2H3,(H,15,17). The summed E-state index contributed by atoms with van der Waals surface area (Å²) < 4.78 is 5.25. The molecule has 1 saturated heterocycles. The number of ether oxygens (including phenoxy) is 1. The van der Waals surface area contributed by atoms with E-state index in [9.17, 15) is 4.79 Å². The van der Waals surface area contributed by atoms with Crippen molar-refractivity contribution >= 4 is 17.4 Å². The zero-order valence-electron chi connectivity index (χ0n) is 10.6. The molecule has 0 aromatic carbocycles. The van der Waals surface area contributed by atoms with Crippen molar-refractivity contribution in [1.29, 1.82) is 0 Å². The highest BCUT2D eigenvalue weighted by Crippen LogP contribution is 2.12. The van der Waals surface area contributed by atoms with Crippen molar-refractivity contribution in [3.63, 3.8) is 0 Å². The molecule has 2 rings (SSSR count). The molecule has 0 aliphatic carbocycles. The second-order valence-electron chi connectivity index (χ2n) is 4.37. The first-order valence-corrected chi connectivity index (χ1v) is 5.92. The molecule has 0 bridgehead atoms. The normalized spacial score (nSPS) is 19.3.